The molecule has 2 rings (SSSR count). The van der Waals surface area contributed by atoms with Crippen LogP contribution in [0.4, 0.5) is 10.8 Å². The Hall–Kier alpha value is -1.95. The van der Waals surface area contributed by atoms with E-state index in [0.29, 0.717) is 11.5 Å². The molecule has 1 aromatic heterocycles. The van der Waals surface area contributed by atoms with E-state index >= 15 is 0 Å². The fourth-order valence-electron chi connectivity index (χ4n) is 1.89. The van der Waals surface area contributed by atoms with Crippen molar-refractivity contribution in [2.24, 2.45) is 0 Å². The second-order valence-corrected chi connectivity index (χ2v) is 6.43. The summed E-state index contributed by atoms with van der Waals surface area (Å²) >= 11 is 4.57. The average molecular weight is 320 g/mol. The smallest absolute Gasteiger partial charge is 0.415 e. The molecule has 0 aliphatic rings. The Bertz CT molecular complexity index is 647. The van der Waals surface area contributed by atoms with Crippen LogP contribution in [0.2, 0.25) is 0 Å². The predicted molar refractivity (Wildman–Crippen MR) is 88.4 cm³/mol. The molecular formula is C16H20N2O3S. The third kappa shape index (κ3) is 4.27. The van der Waals surface area contributed by atoms with Gasteiger partial charge in [0.2, 0.25) is 0 Å². The van der Waals surface area contributed by atoms with Gasteiger partial charge in [-0.05, 0) is 33.3 Å². The van der Waals surface area contributed by atoms with Crippen LogP contribution < -0.4 is 5.32 Å². The number of ether oxygens (including phenoxy) is 1. The van der Waals surface area contributed by atoms with Gasteiger partial charge in [0, 0.05) is 0 Å². The average Bonchev–Trinajstić information content (AvgIpc) is 2.77. The Morgan fingerprint density at radius 3 is 2.55 bits per heavy atom. The van der Waals surface area contributed by atoms with Gasteiger partial charge in [-0.1, -0.05) is 30.3 Å². The number of nitrogens with one attached hydrogen (secondary N) is 1. The molecular weight excluding hydrogens is 300 g/mol. The summed E-state index contributed by atoms with van der Waals surface area (Å²) in [5, 5.41) is 2.25. The highest BCUT2D eigenvalue weighted by Crippen LogP contribution is 2.32. The number of benzene rings is 1. The number of amides is 1. The molecule has 0 bridgehead atoms. The van der Waals surface area contributed by atoms with Crippen molar-refractivity contribution in [3.05, 3.63) is 47.3 Å². The third-order valence-corrected chi connectivity index (χ3v) is 3.34. The molecule has 0 aliphatic carbocycles. The lowest BCUT2D eigenvalue weighted by Gasteiger charge is -2.18. The molecule has 22 heavy (non-hydrogen) atoms. The highest BCUT2D eigenvalue weighted by Gasteiger charge is 2.22. The lowest BCUT2D eigenvalue weighted by molar-refractivity contribution is 0.0631. The zero-order chi connectivity index (χ0) is 16.3. The first-order valence-corrected chi connectivity index (χ1v) is 7.48. The molecule has 1 N–H and O–H groups in total. The molecule has 1 unspecified atom stereocenters. The summed E-state index contributed by atoms with van der Waals surface area (Å²) in [6.45, 7) is 7.18. The Morgan fingerprint density at radius 2 is 1.95 bits per heavy atom. The molecule has 1 atom stereocenters. The number of nitrogens with zero attached hydrogens (tertiary/aromatic N) is 1. The van der Waals surface area contributed by atoms with Gasteiger partial charge in [-0.3, -0.25) is 0 Å². The minimum atomic E-state index is -0.601. The monoisotopic (exact) mass is 320 g/mol. The molecule has 0 fully saturated rings. The van der Waals surface area contributed by atoms with Gasteiger partial charge < -0.3 is 9.15 Å². The molecule has 2 aromatic rings. The van der Waals surface area contributed by atoms with E-state index in [4.69, 9.17) is 9.15 Å². The standard InChI is InChI=1S/C16H20N2O3S/c1-10-12(13(22)11-8-6-5-7-9-11)20-14(17-10)18-15(19)21-16(2,3)4/h5-9,13,22H,1-4H3,(H,17,18,19). The van der Waals surface area contributed by atoms with E-state index in [9.17, 15) is 4.79 Å². The second kappa shape index (κ2) is 6.44. The molecule has 1 heterocycles. The highest BCUT2D eigenvalue weighted by atomic mass is 32.1. The number of aryl methyl sites for hydroxylation is 1. The van der Waals surface area contributed by atoms with Crippen molar-refractivity contribution in [3.8, 4) is 0 Å². The largest absolute Gasteiger partial charge is 0.443 e. The van der Waals surface area contributed by atoms with Gasteiger partial charge in [0.05, 0.1) is 10.9 Å². The number of rotatable bonds is 3. The zero-order valence-corrected chi connectivity index (χ0v) is 14.0. The first-order chi connectivity index (χ1) is 10.3. The maximum atomic E-state index is 11.7. The van der Waals surface area contributed by atoms with Crippen molar-refractivity contribution >= 4 is 24.7 Å². The Kier molecular flexibility index (Phi) is 4.81. The van der Waals surface area contributed by atoms with E-state index in [2.05, 4.69) is 22.9 Å². The molecule has 1 aromatic carbocycles. The van der Waals surface area contributed by atoms with Gasteiger partial charge in [-0.15, -0.1) is 0 Å². The normalized spacial score (nSPS) is 12.8. The number of hydrogen-bond acceptors (Lipinski definition) is 5. The van der Waals surface area contributed by atoms with E-state index in [1.807, 2.05) is 37.3 Å². The van der Waals surface area contributed by atoms with E-state index < -0.39 is 11.7 Å². The number of anilines is 1. The topological polar surface area (TPSA) is 64.4 Å². The molecule has 5 nitrogen and oxygen atoms in total. The van der Waals surface area contributed by atoms with Crippen molar-refractivity contribution in [2.45, 2.75) is 38.5 Å². The number of aromatic nitrogens is 1. The Labute approximate surface area is 135 Å². The number of carbonyl (C=O) groups is 1. The Morgan fingerprint density at radius 1 is 1.32 bits per heavy atom. The number of hydrogen-bond donors (Lipinski definition) is 2. The van der Waals surface area contributed by atoms with Crippen LogP contribution in [-0.2, 0) is 4.74 Å². The maximum absolute atomic E-state index is 11.7. The van der Waals surface area contributed by atoms with Gasteiger partial charge in [-0.25, -0.2) is 10.1 Å². The molecule has 6 heteroatoms. The maximum Gasteiger partial charge on any atom is 0.415 e. The van der Waals surface area contributed by atoms with Crippen LogP contribution in [-0.4, -0.2) is 16.7 Å². The molecule has 0 saturated carbocycles. The van der Waals surface area contributed by atoms with Crippen LogP contribution >= 0.6 is 12.6 Å². The van der Waals surface area contributed by atoms with Crippen molar-refractivity contribution < 1.29 is 13.9 Å². The molecule has 0 aliphatic heterocycles. The first kappa shape index (κ1) is 16.4. The van der Waals surface area contributed by atoms with Crippen molar-refractivity contribution in [2.75, 3.05) is 5.32 Å². The van der Waals surface area contributed by atoms with Crippen LogP contribution in [0.1, 0.15) is 43.0 Å². The van der Waals surface area contributed by atoms with E-state index in [1.165, 1.54) is 0 Å². The van der Waals surface area contributed by atoms with Crippen molar-refractivity contribution in [1.29, 1.82) is 0 Å². The van der Waals surface area contributed by atoms with Crippen LogP contribution in [0.5, 0.6) is 0 Å². The SMILES string of the molecule is Cc1nc(NC(=O)OC(C)(C)C)oc1C(S)c1ccccc1. The quantitative estimate of drug-likeness (QED) is 0.825. The Balaban J connectivity index is 2.13. The van der Waals surface area contributed by atoms with Crippen LogP contribution in [0.3, 0.4) is 0 Å². The third-order valence-electron chi connectivity index (χ3n) is 2.80. The van der Waals surface area contributed by atoms with Crippen LogP contribution in [0, 0.1) is 6.92 Å². The van der Waals surface area contributed by atoms with Crippen LogP contribution in [0.25, 0.3) is 0 Å². The summed E-state index contributed by atoms with van der Waals surface area (Å²) in [6, 6.07) is 9.83. The lowest BCUT2D eigenvalue weighted by Crippen LogP contribution is -2.27. The van der Waals surface area contributed by atoms with Crippen LogP contribution in [0.15, 0.2) is 34.7 Å². The van der Waals surface area contributed by atoms with E-state index in [1.54, 1.807) is 20.8 Å². The van der Waals surface area contributed by atoms with E-state index in [0.717, 1.165) is 5.56 Å². The minimum Gasteiger partial charge on any atom is -0.443 e. The molecule has 0 spiro atoms. The summed E-state index contributed by atoms with van der Waals surface area (Å²) in [5.74, 6) is 0.598. The fourth-order valence-corrected chi connectivity index (χ4v) is 2.30. The second-order valence-electron chi connectivity index (χ2n) is 5.91. The van der Waals surface area contributed by atoms with Crippen molar-refractivity contribution in [3.63, 3.8) is 0 Å². The summed E-state index contributed by atoms with van der Waals surface area (Å²) < 4.78 is 10.8. The summed E-state index contributed by atoms with van der Waals surface area (Å²) in [4.78, 5) is 15.9. The number of carbonyl (C=O) groups excluding carboxylic acids is 1. The number of thiol groups is 1. The van der Waals surface area contributed by atoms with Crippen molar-refractivity contribution in [1.82, 2.24) is 4.98 Å². The predicted octanol–water partition coefficient (Wildman–Crippen LogP) is 4.35. The van der Waals surface area contributed by atoms with Gasteiger partial charge in [0.25, 0.3) is 0 Å². The minimum absolute atomic E-state index is 0.108. The fraction of sp³-hybridized carbons (Fsp3) is 0.375. The summed E-state index contributed by atoms with van der Waals surface area (Å²) in [6.07, 6.45) is -0.601. The molecule has 118 valence electrons. The summed E-state index contributed by atoms with van der Waals surface area (Å²) in [7, 11) is 0. The van der Waals surface area contributed by atoms with Gasteiger partial charge in [-0.2, -0.15) is 17.6 Å². The van der Waals surface area contributed by atoms with Gasteiger partial charge in [0.15, 0.2) is 0 Å². The van der Waals surface area contributed by atoms with E-state index in [-0.39, 0.29) is 11.3 Å². The van der Waals surface area contributed by atoms with Gasteiger partial charge in [0.1, 0.15) is 11.4 Å². The zero-order valence-electron chi connectivity index (χ0n) is 13.1. The first-order valence-electron chi connectivity index (χ1n) is 6.96. The molecule has 1 amide bonds. The highest BCUT2D eigenvalue weighted by molar-refractivity contribution is 7.80. The molecule has 0 saturated heterocycles. The lowest BCUT2D eigenvalue weighted by atomic mass is 10.1. The molecule has 0 radical (unpaired) electrons. The summed E-state index contributed by atoms with van der Waals surface area (Å²) in [5.41, 5.74) is 1.09. The number of oxazole rings is 1. The van der Waals surface area contributed by atoms with Gasteiger partial charge >= 0.3 is 12.1 Å².